The second kappa shape index (κ2) is 13.7. The number of carbonyl (C=O) groups excluding carboxylic acids is 2. The van der Waals surface area contributed by atoms with E-state index in [4.69, 9.17) is 4.74 Å². The van der Waals surface area contributed by atoms with Crippen LogP contribution in [0.15, 0.2) is 39.9 Å². The van der Waals surface area contributed by atoms with Crippen LogP contribution in [-0.2, 0) is 19.8 Å². The smallest absolute Gasteiger partial charge is 0.303 e. The van der Waals surface area contributed by atoms with Crippen molar-refractivity contribution in [2.75, 3.05) is 55.9 Å². The number of nitrogens with zero attached hydrogens (tertiary/aromatic N) is 5. The zero-order chi connectivity index (χ0) is 35.4. The number of aliphatic imine (C=N–C) groups is 1. The molecule has 1 aromatic carbocycles. The van der Waals surface area contributed by atoms with E-state index in [1.807, 2.05) is 20.3 Å². The summed E-state index contributed by atoms with van der Waals surface area (Å²) < 4.78 is 37.0. The Kier molecular flexibility index (Phi) is 9.87. The maximum Gasteiger partial charge on any atom is 0.303 e. The highest BCUT2D eigenvalue weighted by molar-refractivity contribution is 7.87. The molecule has 0 saturated heterocycles. The van der Waals surface area contributed by atoms with E-state index in [1.165, 1.54) is 38.9 Å². The summed E-state index contributed by atoms with van der Waals surface area (Å²) in [5, 5.41) is 1.03. The van der Waals surface area contributed by atoms with Crippen LogP contribution in [0.2, 0.25) is 0 Å². The lowest BCUT2D eigenvalue weighted by Gasteiger charge is -2.42. The fourth-order valence-corrected chi connectivity index (χ4v) is 9.37. The van der Waals surface area contributed by atoms with E-state index in [-0.39, 0.29) is 29.6 Å². The number of benzene rings is 1. The average Bonchev–Trinajstić information content (AvgIpc) is 3.62. The van der Waals surface area contributed by atoms with Crippen LogP contribution in [0.4, 0.5) is 0 Å². The molecule has 0 bridgehead atoms. The lowest BCUT2D eigenvalue weighted by molar-refractivity contribution is -0.136. The second-order valence-electron chi connectivity index (χ2n) is 15.1. The molecule has 0 spiro atoms. The minimum atomic E-state index is -4.04. The van der Waals surface area contributed by atoms with Gasteiger partial charge in [-0.05, 0) is 80.8 Å². The Morgan fingerprint density at radius 3 is 2.43 bits per heavy atom. The Bertz CT molecular complexity index is 1830. The van der Waals surface area contributed by atoms with Gasteiger partial charge in [0.15, 0.2) is 6.04 Å². The second-order valence-corrected chi connectivity index (χ2v) is 17.0. The van der Waals surface area contributed by atoms with Crippen LogP contribution >= 0.6 is 0 Å². The molecule has 4 aliphatic rings. The van der Waals surface area contributed by atoms with Crippen molar-refractivity contribution in [1.29, 1.82) is 0 Å². The minimum absolute atomic E-state index is 0.0420. The summed E-state index contributed by atoms with van der Waals surface area (Å²) in [4.78, 5) is 36.2. The first-order chi connectivity index (χ1) is 23.2. The van der Waals surface area contributed by atoms with Crippen LogP contribution in [-0.4, -0.2) is 107 Å². The van der Waals surface area contributed by atoms with Crippen LogP contribution in [0.25, 0.3) is 17.1 Å². The lowest BCUT2D eigenvalue weighted by atomic mass is 9.64. The van der Waals surface area contributed by atoms with Gasteiger partial charge in [0.2, 0.25) is 5.91 Å². The molecule has 12 heteroatoms. The molecular formula is C37H52N6O5S. The Labute approximate surface area is 291 Å². The summed E-state index contributed by atoms with van der Waals surface area (Å²) in [6, 6.07) is 5.49. The van der Waals surface area contributed by atoms with Gasteiger partial charge in [-0.2, -0.15) is 12.7 Å². The van der Waals surface area contributed by atoms with Crippen molar-refractivity contribution < 1.29 is 22.7 Å². The number of hydrogen-bond donors (Lipinski definition) is 1. The quantitative estimate of drug-likeness (QED) is 0.410. The van der Waals surface area contributed by atoms with Crippen LogP contribution in [0, 0.1) is 17.8 Å². The fraction of sp³-hybridized carbons (Fsp3) is 0.595. The predicted octanol–water partition coefficient (Wildman–Crippen LogP) is 4.62. The number of carbonyl (C=O) groups is 2. The van der Waals surface area contributed by atoms with E-state index in [1.54, 1.807) is 18.2 Å². The highest BCUT2D eigenvalue weighted by Crippen LogP contribution is 2.53. The van der Waals surface area contributed by atoms with Crippen LogP contribution in [0.1, 0.15) is 75.0 Å². The molecule has 5 atom stereocenters. The Morgan fingerprint density at radius 1 is 1.08 bits per heavy atom. The highest BCUT2D eigenvalue weighted by Gasteiger charge is 2.46. The molecule has 0 radical (unpaired) electrons. The van der Waals surface area contributed by atoms with Crippen molar-refractivity contribution >= 4 is 45.3 Å². The molecule has 2 amide bonds. The summed E-state index contributed by atoms with van der Waals surface area (Å²) >= 11 is 0. The SMILES string of the molecule is COc1ccc(C2CCCCC2)c2c1cc1n2C=C2C(=C3C[C@@H](C(=O)N(C)C)C([C@H](C)CN(C)C)C[C@H]31)C=NC2C(=O)NS(=O)(=O)N(C)C. The highest BCUT2D eigenvalue weighted by atomic mass is 32.2. The molecule has 6 rings (SSSR count). The fourth-order valence-electron chi connectivity index (χ4n) is 8.82. The van der Waals surface area contributed by atoms with Gasteiger partial charge in [-0.25, -0.2) is 4.72 Å². The number of aromatic nitrogens is 1. The third kappa shape index (κ3) is 6.47. The topological polar surface area (TPSA) is 117 Å². The number of allylic oxidation sites excluding steroid dienone is 1. The number of fused-ring (bicyclic) bond motifs is 6. The number of nitrogens with one attached hydrogen (secondary N) is 1. The summed E-state index contributed by atoms with van der Waals surface area (Å²) in [5.41, 5.74) is 6.01. The van der Waals surface area contributed by atoms with Crippen LogP contribution in [0.5, 0.6) is 5.75 Å². The van der Waals surface area contributed by atoms with Crippen molar-refractivity contribution in [3.63, 3.8) is 0 Å². The minimum Gasteiger partial charge on any atom is -0.496 e. The Hall–Kier alpha value is -3.48. The molecule has 2 fully saturated rings. The zero-order valence-corrected chi connectivity index (χ0v) is 31.0. The third-order valence-electron chi connectivity index (χ3n) is 11.2. The van der Waals surface area contributed by atoms with E-state index in [0.29, 0.717) is 17.9 Å². The van der Waals surface area contributed by atoms with Crippen LogP contribution < -0.4 is 9.46 Å². The molecule has 11 nitrogen and oxygen atoms in total. The van der Waals surface area contributed by atoms with Gasteiger partial charge < -0.3 is 19.1 Å². The first-order valence-corrected chi connectivity index (χ1v) is 19.0. The summed E-state index contributed by atoms with van der Waals surface area (Å²) in [6.45, 7) is 3.11. The molecule has 2 aliphatic carbocycles. The summed E-state index contributed by atoms with van der Waals surface area (Å²) in [5.74, 6) is 0.665. The molecule has 266 valence electrons. The van der Waals surface area contributed by atoms with Gasteiger partial charge in [-0.1, -0.05) is 37.8 Å². The van der Waals surface area contributed by atoms with Gasteiger partial charge in [0.25, 0.3) is 5.91 Å². The van der Waals surface area contributed by atoms with Gasteiger partial charge in [-0.15, -0.1) is 0 Å². The zero-order valence-electron chi connectivity index (χ0n) is 30.2. The molecule has 3 heterocycles. The first kappa shape index (κ1) is 35.3. The van der Waals surface area contributed by atoms with E-state index < -0.39 is 22.2 Å². The van der Waals surface area contributed by atoms with Crippen molar-refractivity contribution in [3.05, 3.63) is 46.2 Å². The van der Waals surface area contributed by atoms with E-state index in [2.05, 4.69) is 58.4 Å². The standard InChI is InChI=1S/C37H52N6O5S/c1-22(20-40(2)3)25-16-27-26(17-28(25)37(45)41(4)5)30-19-38-34(36(44)39-49(46,47)42(6)7)31(30)21-43-32(27)18-29-33(48-8)15-14-24(35(29)43)23-12-10-9-11-13-23/h14-15,18-19,21-23,25,27-28,34H,9-13,16-17,20H2,1-8H3,(H,39,44)/t22-,25?,27-,28-,34?/m1/s1. The maximum atomic E-state index is 13.9. The predicted molar refractivity (Wildman–Crippen MR) is 194 cm³/mol. The van der Waals surface area contributed by atoms with Gasteiger partial charge in [0.05, 0.1) is 12.6 Å². The summed E-state index contributed by atoms with van der Waals surface area (Å²) in [7, 11) is 8.21. The van der Waals surface area contributed by atoms with Crippen LogP contribution in [0.3, 0.4) is 0 Å². The van der Waals surface area contributed by atoms with Crippen molar-refractivity contribution in [2.24, 2.45) is 22.7 Å². The lowest BCUT2D eigenvalue weighted by Crippen LogP contribution is -2.44. The van der Waals surface area contributed by atoms with Gasteiger partial charge in [0, 0.05) is 75.6 Å². The van der Waals surface area contributed by atoms with E-state index in [0.717, 1.165) is 63.6 Å². The largest absolute Gasteiger partial charge is 0.496 e. The van der Waals surface area contributed by atoms with E-state index in [9.17, 15) is 18.0 Å². The molecule has 2 aliphatic heterocycles. The molecule has 1 aromatic heterocycles. The molecule has 2 aromatic rings. The van der Waals surface area contributed by atoms with Gasteiger partial charge in [0.1, 0.15) is 5.75 Å². The first-order valence-electron chi connectivity index (χ1n) is 17.5. The van der Waals surface area contributed by atoms with E-state index >= 15 is 0 Å². The van der Waals surface area contributed by atoms with Crippen molar-refractivity contribution in [3.8, 4) is 5.75 Å². The number of hydrogen-bond acceptors (Lipinski definition) is 7. The normalized spacial score (nSPS) is 24.7. The Balaban J connectivity index is 1.58. The van der Waals surface area contributed by atoms with Crippen molar-refractivity contribution in [1.82, 2.24) is 23.4 Å². The maximum absolute atomic E-state index is 13.9. The number of amides is 2. The monoisotopic (exact) mass is 692 g/mol. The molecule has 2 unspecified atom stereocenters. The summed E-state index contributed by atoms with van der Waals surface area (Å²) in [6.07, 6.45) is 10.9. The molecule has 49 heavy (non-hydrogen) atoms. The number of rotatable bonds is 9. The van der Waals surface area contributed by atoms with Gasteiger partial charge >= 0.3 is 10.2 Å². The molecule has 1 N–H and O–H groups in total. The third-order valence-corrected chi connectivity index (χ3v) is 12.6. The Morgan fingerprint density at radius 2 is 1.80 bits per heavy atom. The van der Waals surface area contributed by atoms with Gasteiger partial charge in [-0.3, -0.25) is 14.6 Å². The molecular weight excluding hydrogens is 641 g/mol. The number of ether oxygens (including phenoxy) is 1. The van der Waals surface area contributed by atoms with Crippen molar-refractivity contribution in [2.45, 2.75) is 69.7 Å². The molecule has 2 saturated carbocycles. The average molecular weight is 693 g/mol. The number of methoxy groups -OCH3 is 1.